The summed E-state index contributed by atoms with van der Waals surface area (Å²) in [7, 11) is 0. The first-order valence-electron chi connectivity index (χ1n) is 6.84. The highest BCUT2D eigenvalue weighted by atomic mass is 35.5. The molecular weight excluding hydrogens is 302 g/mol. The van der Waals surface area contributed by atoms with E-state index in [-0.39, 0.29) is 0 Å². The number of amidine groups is 1. The maximum absolute atomic E-state index is 6.45. The van der Waals surface area contributed by atoms with Crippen molar-refractivity contribution >= 4 is 34.2 Å². The molecule has 0 aliphatic carbocycles. The molecule has 0 unspecified atom stereocenters. The summed E-state index contributed by atoms with van der Waals surface area (Å²) in [6.07, 6.45) is 3.67. The number of rotatable bonds is 3. The predicted molar refractivity (Wildman–Crippen MR) is 91.4 cm³/mol. The van der Waals surface area contributed by atoms with Gasteiger partial charge in [0.25, 0.3) is 0 Å². The Morgan fingerprint density at radius 3 is 2.90 bits per heavy atom. The minimum atomic E-state index is 0.725. The van der Waals surface area contributed by atoms with Crippen LogP contribution in [0.5, 0.6) is 0 Å². The molecule has 5 heteroatoms. The van der Waals surface area contributed by atoms with E-state index in [4.69, 9.17) is 11.6 Å². The van der Waals surface area contributed by atoms with E-state index in [9.17, 15) is 0 Å². The van der Waals surface area contributed by atoms with Gasteiger partial charge >= 0.3 is 0 Å². The predicted octanol–water partition coefficient (Wildman–Crippen LogP) is 4.15. The summed E-state index contributed by atoms with van der Waals surface area (Å²) in [5.41, 5.74) is 3.30. The van der Waals surface area contributed by atoms with E-state index in [0.717, 1.165) is 45.8 Å². The summed E-state index contributed by atoms with van der Waals surface area (Å²) in [6, 6.07) is 10.2. The highest BCUT2D eigenvalue weighted by molar-refractivity contribution is 8.14. The molecule has 2 aromatic rings. The summed E-state index contributed by atoms with van der Waals surface area (Å²) in [6.45, 7) is 3.64. The highest BCUT2D eigenvalue weighted by Gasteiger charge is 2.20. The Morgan fingerprint density at radius 1 is 1.33 bits per heavy atom. The molecule has 0 N–H and O–H groups in total. The van der Waals surface area contributed by atoms with Crippen LogP contribution in [0.15, 0.2) is 47.7 Å². The molecule has 1 aromatic heterocycles. The first-order valence-corrected chi connectivity index (χ1v) is 8.20. The van der Waals surface area contributed by atoms with Gasteiger partial charge in [-0.1, -0.05) is 35.5 Å². The van der Waals surface area contributed by atoms with Gasteiger partial charge in [0.15, 0.2) is 5.17 Å². The second-order valence-corrected chi connectivity index (χ2v) is 6.38. The summed E-state index contributed by atoms with van der Waals surface area (Å²) in [4.78, 5) is 11.0. The lowest BCUT2D eigenvalue weighted by Crippen LogP contribution is -2.27. The summed E-state index contributed by atoms with van der Waals surface area (Å²) < 4.78 is 0. The normalized spacial score (nSPS) is 14.1. The van der Waals surface area contributed by atoms with E-state index < -0.39 is 0 Å². The van der Waals surface area contributed by atoms with Crippen molar-refractivity contribution < 1.29 is 0 Å². The molecule has 0 saturated carbocycles. The summed E-state index contributed by atoms with van der Waals surface area (Å²) in [5, 5.41) is 1.79. The maximum atomic E-state index is 6.45. The number of benzene rings is 1. The maximum Gasteiger partial charge on any atom is 0.164 e. The van der Waals surface area contributed by atoms with Crippen LogP contribution in [-0.2, 0) is 6.54 Å². The largest absolute Gasteiger partial charge is 0.315 e. The lowest BCUT2D eigenvalue weighted by molar-refractivity contribution is 0.993. The van der Waals surface area contributed by atoms with Crippen LogP contribution in [0.25, 0.3) is 0 Å². The van der Waals surface area contributed by atoms with Crippen molar-refractivity contribution in [3.8, 4) is 0 Å². The number of thioether (sulfide) groups is 1. The fourth-order valence-electron chi connectivity index (χ4n) is 2.25. The third-order valence-electron chi connectivity index (χ3n) is 3.26. The minimum Gasteiger partial charge on any atom is -0.315 e. The molecule has 21 heavy (non-hydrogen) atoms. The van der Waals surface area contributed by atoms with Crippen LogP contribution in [0.2, 0.25) is 5.02 Å². The van der Waals surface area contributed by atoms with Crippen molar-refractivity contribution in [1.29, 1.82) is 0 Å². The number of anilines is 1. The van der Waals surface area contributed by atoms with Gasteiger partial charge in [-0.2, -0.15) is 0 Å². The van der Waals surface area contributed by atoms with Gasteiger partial charge in [0.2, 0.25) is 0 Å². The van der Waals surface area contributed by atoms with Crippen LogP contribution in [-0.4, -0.2) is 22.4 Å². The fraction of sp³-hybridized carbons (Fsp3) is 0.250. The Bertz CT molecular complexity index is 658. The topological polar surface area (TPSA) is 28.5 Å². The molecule has 1 aliphatic heterocycles. The number of nitrogens with zero attached hydrogens (tertiary/aromatic N) is 3. The molecule has 2 heterocycles. The molecule has 0 bridgehead atoms. The quantitative estimate of drug-likeness (QED) is 0.851. The number of hydrogen-bond acceptors (Lipinski definition) is 4. The second-order valence-electron chi connectivity index (χ2n) is 4.92. The molecule has 108 valence electrons. The number of aryl methyl sites for hydroxylation is 1. The van der Waals surface area contributed by atoms with E-state index in [1.165, 1.54) is 0 Å². The van der Waals surface area contributed by atoms with Crippen LogP contribution < -0.4 is 4.90 Å². The van der Waals surface area contributed by atoms with Crippen molar-refractivity contribution in [1.82, 2.24) is 4.98 Å². The fourth-order valence-corrected chi connectivity index (χ4v) is 3.45. The Balaban J connectivity index is 1.96. The van der Waals surface area contributed by atoms with Crippen molar-refractivity contribution in [2.45, 2.75) is 13.5 Å². The first kappa shape index (κ1) is 14.4. The monoisotopic (exact) mass is 317 g/mol. The molecule has 3 nitrogen and oxygen atoms in total. The molecule has 1 aliphatic rings. The molecular formula is C16H16ClN3S. The molecule has 0 saturated heterocycles. The van der Waals surface area contributed by atoms with Crippen molar-refractivity contribution in [2.24, 2.45) is 4.99 Å². The van der Waals surface area contributed by atoms with Crippen molar-refractivity contribution in [3.05, 3.63) is 58.9 Å². The zero-order chi connectivity index (χ0) is 14.7. The van der Waals surface area contributed by atoms with Gasteiger partial charge in [-0.05, 0) is 36.2 Å². The molecule has 0 fully saturated rings. The minimum absolute atomic E-state index is 0.725. The zero-order valence-electron chi connectivity index (χ0n) is 11.8. The first-order chi connectivity index (χ1) is 10.2. The van der Waals surface area contributed by atoms with E-state index in [1.807, 2.05) is 25.3 Å². The Morgan fingerprint density at radius 2 is 2.24 bits per heavy atom. The van der Waals surface area contributed by atoms with Gasteiger partial charge in [0.1, 0.15) is 0 Å². The molecule has 0 amide bonds. The van der Waals surface area contributed by atoms with E-state index in [1.54, 1.807) is 18.0 Å². The van der Waals surface area contributed by atoms with Gasteiger partial charge < -0.3 is 4.90 Å². The molecule has 0 radical (unpaired) electrons. The van der Waals surface area contributed by atoms with Gasteiger partial charge in [0, 0.05) is 18.1 Å². The summed E-state index contributed by atoms with van der Waals surface area (Å²) >= 11 is 8.22. The standard InChI is InChI=1S/C16H16ClN3S/c1-12-4-5-15(14(17)9-12)20(16-19-7-8-21-16)11-13-3-2-6-18-10-13/h2-6,9-10H,7-8,11H2,1H3. The second kappa shape index (κ2) is 6.50. The number of aromatic nitrogens is 1. The SMILES string of the molecule is Cc1ccc(N(Cc2cccnc2)C2=NCCS2)c(Cl)c1. The number of aliphatic imine (C=N–C) groups is 1. The number of pyridine rings is 1. The van der Waals surface area contributed by atoms with E-state index >= 15 is 0 Å². The van der Waals surface area contributed by atoms with Gasteiger partial charge in [-0.15, -0.1) is 0 Å². The third kappa shape index (κ3) is 3.39. The van der Waals surface area contributed by atoms with Crippen LogP contribution in [0.1, 0.15) is 11.1 Å². The van der Waals surface area contributed by atoms with Gasteiger partial charge in [0.05, 0.1) is 23.8 Å². The third-order valence-corrected chi connectivity index (χ3v) is 4.55. The smallest absolute Gasteiger partial charge is 0.164 e. The highest BCUT2D eigenvalue weighted by Crippen LogP contribution is 2.31. The lowest BCUT2D eigenvalue weighted by Gasteiger charge is -2.25. The Labute approximate surface area is 134 Å². The number of hydrogen-bond donors (Lipinski definition) is 0. The Hall–Kier alpha value is -1.52. The van der Waals surface area contributed by atoms with Crippen molar-refractivity contribution in [2.75, 3.05) is 17.2 Å². The molecule has 0 atom stereocenters. The van der Waals surface area contributed by atoms with Gasteiger partial charge in [-0.3, -0.25) is 9.98 Å². The Kier molecular flexibility index (Phi) is 4.46. The van der Waals surface area contributed by atoms with E-state index in [0.29, 0.717) is 0 Å². The van der Waals surface area contributed by atoms with Crippen LogP contribution >= 0.6 is 23.4 Å². The average Bonchev–Trinajstić information content (AvgIpc) is 3.00. The summed E-state index contributed by atoms with van der Waals surface area (Å²) in [5.74, 6) is 1.03. The van der Waals surface area contributed by atoms with E-state index in [2.05, 4.69) is 33.1 Å². The number of halogens is 1. The average molecular weight is 318 g/mol. The lowest BCUT2D eigenvalue weighted by atomic mass is 10.2. The van der Waals surface area contributed by atoms with Crippen LogP contribution in [0.4, 0.5) is 5.69 Å². The van der Waals surface area contributed by atoms with Gasteiger partial charge in [-0.25, -0.2) is 0 Å². The zero-order valence-corrected chi connectivity index (χ0v) is 13.4. The van der Waals surface area contributed by atoms with Crippen molar-refractivity contribution in [3.63, 3.8) is 0 Å². The van der Waals surface area contributed by atoms with Crippen LogP contribution in [0.3, 0.4) is 0 Å². The van der Waals surface area contributed by atoms with Crippen LogP contribution in [0, 0.1) is 6.92 Å². The molecule has 1 aromatic carbocycles. The molecule has 0 spiro atoms. The molecule has 3 rings (SSSR count).